The first-order valence-corrected chi connectivity index (χ1v) is 11.9. The van der Waals surface area contributed by atoms with Crippen LogP contribution in [0.3, 0.4) is 0 Å². The topological polar surface area (TPSA) is 103 Å². The first kappa shape index (κ1) is 22.4. The van der Waals surface area contributed by atoms with Crippen molar-refractivity contribution in [3.05, 3.63) is 76.0 Å². The van der Waals surface area contributed by atoms with Crippen LogP contribution >= 0.6 is 11.3 Å². The van der Waals surface area contributed by atoms with E-state index in [4.69, 9.17) is 5.26 Å². The molecule has 0 atom stereocenters. The van der Waals surface area contributed by atoms with Crippen LogP contribution < -0.4 is 9.62 Å². The first-order valence-electron chi connectivity index (χ1n) is 9.18. The summed E-state index contributed by atoms with van der Waals surface area (Å²) in [6.07, 6.45) is 1.48. The second kappa shape index (κ2) is 9.24. The molecule has 0 aliphatic carbocycles. The molecule has 10 heteroatoms. The number of hydrogen-bond acceptors (Lipinski definition) is 7. The normalized spacial score (nSPS) is 11.0. The maximum Gasteiger partial charge on any atom is 0.284 e. The Morgan fingerprint density at radius 1 is 1.19 bits per heavy atom. The van der Waals surface area contributed by atoms with Crippen molar-refractivity contribution in [2.75, 3.05) is 17.7 Å². The van der Waals surface area contributed by atoms with Gasteiger partial charge >= 0.3 is 0 Å². The lowest BCUT2D eigenvalue weighted by atomic mass is 10.1. The molecule has 0 radical (unpaired) electrons. The number of nitrogens with one attached hydrogen (secondary N) is 1. The molecule has 0 aliphatic rings. The minimum absolute atomic E-state index is 0.0332. The number of anilines is 2. The molecule has 0 spiro atoms. The molecule has 31 heavy (non-hydrogen) atoms. The number of nitriles is 1. The lowest BCUT2D eigenvalue weighted by Gasteiger charge is -2.22. The zero-order valence-corrected chi connectivity index (χ0v) is 18.4. The van der Waals surface area contributed by atoms with Crippen molar-refractivity contribution in [3.8, 4) is 6.07 Å². The third kappa shape index (κ3) is 5.87. The number of aromatic nitrogens is 1. The van der Waals surface area contributed by atoms with Gasteiger partial charge in [0.25, 0.3) is 5.91 Å². The number of aryl methyl sites for hydroxylation is 1. The van der Waals surface area contributed by atoms with E-state index in [1.807, 2.05) is 9.62 Å². The van der Waals surface area contributed by atoms with Gasteiger partial charge in [-0.2, -0.15) is 5.26 Å². The van der Waals surface area contributed by atoms with Crippen molar-refractivity contribution in [2.24, 2.45) is 0 Å². The molecule has 3 rings (SSSR count). The zero-order chi connectivity index (χ0) is 22.6. The van der Waals surface area contributed by atoms with Crippen LogP contribution in [0.2, 0.25) is 0 Å². The highest BCUT2D eigenvalue weighted by Gasteiger charge is 2.22. The Labute approximate surface area is 183 Å². The molecule has 1 aromatic heterocycles. The summed E-state index contributed by atoms with van der Waals surface area (Å²) in [4.78, 5) is 19.1. The van der Waals surface area contributed by atoms with Gasteiger partial charge in [0, 0.05) is 17.1 Å². The summed E-state index contributed by atoms with van der Waals surface area (Å²) in [7, 11) is -3.72. The van der Waals surface area contributed by atoms with Gasteiger partial charge in [0.15, 0.2) is 5.13 Å². The summed E-state index contributed by atoms with van der Waals surface area (Å²) < 4.78 is 38.0. The van der Waals surface area contributed by atoms with E-state index in [0.717, 1.165) is 17.5 Å². The summed E-state index contributed by atoms with van der Waals surface area (Å²) in [5.74, 6) is -1.11. The van der Waals surface area contributed by atoms with E-state index < -0.39 is 15.9 Å². The van der Waals surface area contributed by atoms with Crippen molar-refractivity contribution >= 4 is 38.1 Å². The predicted octanol–water partition coefficient (Wildman–Crippen LogP) is 3.53. The Hall–Kier alpha value is -3.29. The number of carbonyl (C=O) groups is 1. The van der Waals surface area contributed by atoms with Crippen LogP contribution in [0.15, 0.2) is 48.5 Å². The minimum Gasteiger partial charge on any atom is -0.317 e. The van der Waals surface area contributed by atoms with E-state index in [0.29, 0.717) is 28.5 Å². The average Bonchev–Trinajstić information content (AvgIpc) is 3.10. The monoisotopic (exact) mass is 458 g/mol. The number of benzene rings is 2. The summed E-state index contributed by atoms with van der Waals surface area (Å²) in [5, 5.41) is 9.56. The van der Waals surface area contributed by atoms with Gasteiger partial charge in [0.2, 0.25) is 10.0 Å². The third-order valence-electron chi connectivity index (χ3n) is 4.35. The summed E-state index contributed by atoms with van der Waals surface area (Å²) >= 11 is 1.25. The molecule has 1 heterocycles. The van der Waals surface area contributed by atoms with Gasteiger partial charge in [0.1, 0.15) is 11.5 Å². The number of sulfonamides is 1. The van der Waals surface area contributed by atoms with Gasteiger partial charge in [0.05, 0.1) is 17.9 Å². The molecule has 0 saturated carbocycles. The molecular weight excluding hydrogens is 439 g/mol. The minimum atomic E-state index is -3.72. The highest BCUT2D eigenvalue weighted by molar-refractivity contribution is 7.89. The van der Waals surface area contributed by atoms with Gasteiger partial charge in [-0.3, -0.25) is 4.79 Å². The Kier molecular flexibility index (Phi) is 6.68. The molecule has 0 fully saturated rings. The van der Waals surface area contributed by atoms with Gasteiger partial charge < -0.3 is 4.90 Å². The van der Waals surface area contributed by atoms with Crippen molar-refractivity contribution < 1.29 is 17.6 Å². The lowest BCUT2D eigenvalue weighted by Crippen LogP contribution is -2.30. The Morgan fingerprint density at radius 3 is 2.42 bits per heavy atom. The second-order valence-electron chi connectivity index (χ2n) is 6.79. The van der Waals surface area contributed by atoms with Crippen LogP contribution in [0.1, 0.15) is 26.5 Å². The maximum atomic E-state index is 13.2. The number of thiazole rings is 1. The van der Waals surface area contributed by atoms with E-state index in [2.05, 4.69) is 11.1 Å². The Morgan fingerprint density at radius 2 is 1.84 bits per heavy atom. The highest BCUT2D eigenvalue weighted by atomic mass is 32.2. The fourth-order valence-electron chi connectivity index (χ4n) is 2.87. The Balaban J connectivity index is 1.93. The van der Waals surface area contributed by atoms with E-state index >= 15 is 0 Å². The zero-order valence-electron chi connectivity index (χ0n) is 16.8. The van der Waals surface area contributed by atoms with Crippen LogP contribution in [0.25, 0.3) is 0 Å². The molecule has 7 nitrogen and oxygen atoms in total. The van der Waals surface area contributed by atoms with Gasteiger partial charge in [-0.15, -0.1) is 11.3 Å². The van der Waals surface area contributed by atoms with Gasteiger partial charge in [-0.1, -0.05) is 12.1 Å². The molecule has 0 bridgehead atoms. The number of rotatable bonds is 7. The Bertz CT molecular complexity index is 1230. The van der Waals surface area contributed by atoms with Crippen molar-refractivity contribution in [3.63, 3.8) is 0 Å². The number of carbonyl (C=O) groups excluding carboxylic acids is 1. The van der Waals surface area contributed by atoms with Crippen LogP contribution in [0, 0.1) is 24.1 Å². The van der Waals surface area contributed by atoms with Crippen molar-refractivity contribution in [2.45, 2.75) is 13.3 Å². The van der Waals surface area contributed by atoms with Crippen LogP contribution in [-0.4, -0.2) is 32.1 Å². The molecule has 1 N–H and O–H groups in total. The van der Waals surface area contributed by atoms with E-state index in [-0.39, 0.29) is 11.5 Å². The van der Waals surface area contributed by atoms with Gasteiger partial charge in [-0.05, 0) is 55.3 Å². The number of hydrogen-bond donors (Lipinski definition) is 1. The number of amides is 1. The van der Waals surface area contributed by atoms with Crippen LogP contribution in [0.4, 0.5) is 15.2 Å². The smallest absolute Gasteiger partial charge is 0.284 e. The first-order chi connectivity index (χ1) is 14.7. The maximum absolute atomic E-state index is 13.2. The van der Waals surface area contributed by atoms with Crippen molar-refractivity contribution in [1.82, 2.24) is 9.71 Å². The summed E-state index contributed by atoms with van der Waals surface area (Å²) in [5.41, 5.74) is 2.21. The lowest BCUT2D eigenvalue weighted by molar-refractivity contribution is 0.0977. The standard InChI is InChI=1S/C21H19FN4O3S2/c1-14-19(20(27)25-31(2,28)29)24-21(30-14)26(18-9-5-16(13-23)6-10-18)12-11-15-3-7-17(22)8-4-15/h3-10H,11-12H2,1-2H3,(H,25,27). The highest BCUT2D eigenvalue weighted by Crippen LogP contribution is 2.32. The molecule has 0 saturated heterocycles. The molecule has 0 aliphatic heterocycles. The second-order valence-corrected chi connectivity index (χ2v) is 9.72. The molecule has 2 aromatic carbocycles. The molecule has 0 unspecified atom stereocenters. The summed E-state index contributed by atoms with van der Waals surface area (Å²) in [6, 6.07) is 15.2. The fourth-order valence-corrected chi connectivity index (χ4v) is 4.25. The number of nitrogens with zero attached hydrogens (tertiary/aromatic N) is 3. The molecular formula is C21H19FN4O3S2. The van der Waals surface area contributed by atoms with Crippen LogP contribution in [-0.2, 0) is 16.4 Å². The SMILES string of the molecule is Cc1sc(N(CCc2ccc(F)cc2)c2ccc(C#N)cc2)nc1C(=O)NS(C)(=O)=O. The fraction of sp³-hybridized carbons (Fsp3) is 0.190. The predicted molar refractivity (Wildman–Crippen MR) is 117 cm³/mol. The van der Waals surface area contributed by atoms with Crippen LogP contribution in [0.5, 0.6) is 0 Å². The average molecular weight is 459 g/mol. The summed E-state index contributed by atoms with van der Waals surface area (Å²) in [6.45, 7) is 2.16. The largest absolute Gasteiger partial charge is 0.317 e. The van der Waals surface area contributed by atoms with Gasteiger partial charge in [-0.25, -0.2) is 22.5 Å². The van der Waals surface area contributed by atoms with Crippen molar-refractivity contribution in [1.29, 1.82) is 5.26 Å². The van der Waals surface area contributed by atoms with E-state index in [9.17, 15) is 17.6 Å². The third-order valence-corrected chi connectivity index (χ3v) is 5.90. The van der Waals surface area contributed by atoms with E-state index in [1.54, 1.807) is 43.3 Å². The molecule has 3 aromatic rings. The molecule has 1 amide bonds. The number of halogens is 1. The van der Waals surface area contributed by atoms with E-state index in [1.165, 1.54) is 23.5 Å². The molecule has 160 valence electrons. The quantitative estimate of drug-likeness (QED) is 0.581.